The standard InChI is InChI=1S/C19H28N2O3.ClH/c1-13(2)17(12-14(3)19(23)24)21(4)18(22)16(20)11-10-15-8-6-5-7-9-15;/h5-9,12-13,16-17H,10-11,20H2,1-4H3,(H,23,24);1H/b14-12+;/t16-,17+;/m0./s1. The maximum absolute atomic E-state index is 12.6. The van der Waals surface area contributed by atoms with Crippen molar-refractivity contribution in [3.63, 3.8) is 0 Å². The van der Waals surface area contributed by atoms with Crippen LogP contribution in [0.4, 0.5) is 0 Å². The number of rotatable bonds is 8. The first-order valence-corrected chi connectivity index (χ1v) is 8.22. The minimum Gasteiger partial charge on any atom is -0.478 e. The van der Waals surface area contributed by atoms with Gasteiger partial charge >= 0.3 is 5.97 Å². The van der Waals surface area contributed by atoms with Crippen molar-refractivity contribution in [2.24, 2.45) is 11.7 Å². The molecule has 140 valence electrons. The van der Waals surface area contributed by atoms with Gasteiger partial charge in [-0.05, 0) is 31.2 Å². The van der Waals surface area contributed by atoms with Gasteiger partial charge in [0, 0.05) is 12.6 Å². The average molecular weight is 369 g/mol. The van der Waals surface area contributed by atoms with E-state index >= 15 is 0 Å². The van der Waals surface area contributed by atoms with E-state index in [2.05, 4.69) is 0 Å². The minimum absolute atomic E-state index is 0. The van der Waals surface area contributed by atoms with Crippen molar-refractivity contribution in [3.8, 4) is 0 Å². The van der Waals surface area contributed by atoms with Crippen molar-refractivity contribution in [3.05, 3.63) is 47.5 Å². The van der Waals surface area contributed by atoms with Crippen molar-refractivity contribution in [1.82, 2.24) is 4.90 Å². The third kappa shape index (κ3) is 7.28. The molecule has 1 aromatic carbocycles. The summed E-state index contributed by atoms with van der Waals surface area (Å²) in [5.41, 5.74) is 7.44. The van der Waals surface area contributed by atoms with Crippen LogP contribution in [0.2, 0.25) is 0 Å². The Morgan fingerprint density at radius 2 is 1.80 bits per heavy atom. The summed E-state index contributed by atoms with van der Waals surface area (Å²) in [5.74, 6) is -1.05. The maximum atomic E-state index is 12.6. The predicted octanol–water partition coefficient (Wildman–Crippen LogP) is 2.88. The second-order valence-electron chi connectivity index (χ2n) is 6.47. The Bertz CT molecular complexity index is 588. The predicted molar refractivity (Wildman–Crippen MR) is 103 cm³/mol. The summed E-state index contributed by atoms with van der Waals surface area (Å²) in [6.45, 7) is 5.44. The monoisotopic (exact) mass is 368 g/mol. The number of hydrogen-bond acceptors (Lipinski definition) is 3. The van der Waals surface area contributed by atoms with Crippen LogP contribution in [-0.4, -0.2) is 41.0 Å². The van der Waals surface area contributed by atoms with Crippen LogP contribution in [0.5, 0.6) is 0 Å². The molecule has 0 spiro atoms. The fraction of sp³-hybridized carbons (Fsp3) is 0.474. The summed E-state index contributed by atoms with van der Waals surface area (Å²) in [6.07, 6.45) is 2.91. The number of hydrogen-bond donors (Lipinski definition) is 2. The lowest BCUT2D eigenvalue weighted by Crippen LogP contribution is -2.48. The fourth-order valence-electron chi connectivity index (χ4n) is 2.58. The molecule has 0 aliphatic carbocycles. The molecule has 0 bridgehead atoms. The van der Waals surface area contributed by atoms with Crippen LogP contribution in [-0.2, 0) is 16.0 Å². The van der Waals surface area contributed by atoms with E-state index in [-0.39, 0.29) is 35.8 Å². The zero-order valence-electron chi connectivity index (χ0n) is 15.3. The molecule has 2 atom stereocenters. The molecule has 0 aromatic heterocycles. The van der Waals surface area contributed by atoms with E-state index in [0.717, 1.165) is 12.0 Å². The van der Waals surface area contributed by atoms with Crippen molar-refractivity contribution < 1.29 is 14.7 Å². The van der Waals surface area contributed by atoms with E-state index in [4.69, 9.17) is 10.8 Å². The molecule has 5 nitrogen and oxygen atoms in total. The minimum atomic E-state index is -0.977. The highest BCUT2D eigenvalue weighted by atomic mass is 35.5. The molecule has 0 fully saturated rings. The summed E-state index contributed by atoms with van der Waals surface area (Å²) in [4.78, 5) is 25.2. The van der Waals surface area contributed by atoms with Crippen LogP contribution >= 0.6 is 12.4 Å². The first-order valence-electron chi connectivity index (χ1n) is 8.22. The molecule has 1 aromatic rings. The summed E-state index contributed by atoms with van der Waals surface area (Å²) in [6, 6.07) is 9.00. The summed E-state index contributed by atoms with van der Waals surface area (Å²) >= 11 is 0. The summed E-state index contributed by atoms with van der Waals surface area (Å²) in [7, 11) is 1.68. The first-order chi connectivity index (χ1) is 11.2. The summed E-state index contributed by atoms with van der Waals surface area (Å²) in [5, 5.41) is 9.06. The molecule has 0 radical (unpaired) electrons. The van der Waals surface area contributed by atoms with Crippen molar-refractivity contribution >= 4 is 24.3 Å². The number of aryl methyl sites for hydroxylation is 1. The molecular formula is C19H29ClN2O3. The SMILES string of the molecule is C/C(=C\[C@H](C(C)C)N(C)C(=O)[C@@H](N)CCc1ccccc1)C(=O)O.Cl. The average Bonchev–Trinajstić information content (AvgIpc) is 2.56. The van der Waals surface area contributed by atoms with Crippen LogP contribution in [0.1, 0.15) is 32.8 Å². The van der Waals surface area contributed by atoms with Gasteiger partial charge in [-0.3, -0.25) is 4.79 Å². The third-order valence-corrected chi connectivity index (χ3v) is 4.14. The van der Waals surface area contributed by atoms with Gasteiger partial charge in [0.15, 0.2) is 0 Å². The molecule has 1 rings (SSSR count). The second-order valence-corrected chi connectivity index (χ2v) is 6.47. The van der Waals surface area contributed by atoms with Crippen LogP contribution in [0, 0.1) is 5.92 Å². The van der Waals surface area contributed by atoms with Crippen LogP contribution in [0.25, 0.3) is 0 Å². The smallest absolute Gasteiger partial charge is 0.331 e. The molecule has 0 saturated carbocycles. The molecule has 0 aliphatic rings. The number of aliphatic carboxylic acids is 1. The number of carboxylic acids is 1. The van der Waals surface area contributed by atoms with Gasteiger partial charge < -0.3 is 15.7 Å². The number of carboxylic acid groups (broad SMARTS) is 1. The number of benzene rings is 1. The van der Waals surface area contributed by atoms with E-state index in [0.29, 0.717) is 6.42 Å². The number of amides is 1. The number of nitrogens with two attached hydrogens (primary N) is 1. The number of nitrogens with zero attached hydrogens (tertiary/aromatic N) is 1. The molecule has 25 heavy (non-hydrogen) atoms. The lowest BCUT2D eigenvalue weighted by molar-refractivity contribution is -0.134. The molecule has 0 heterocycles. The normalized spacial score (nSPS) is 13.8. The van der Waals surface area contributed by atoms with Crippen LogP contribution in [0.3, 0.4) is 0 Å². The Labute approximate surface area is 156 Å². The van der Waals surface area contributed by atoms with Gasteiger partial charge in [0.25, 0.3) is 0 Å². The van der Waals surface area contributed by atoms with Gasteiger partial charge in [-0.25, -0.2) is 4.79 Å². The molecular weight excluding hydrogens is 340 g/mol. The van der Waals surface area contributed by atoms with Gasteiger partial charge in [-0.2, -0.15) is 0 Å². The third-order valence-electron chi connectivity index (χ3n) is 4.14. The van der Waals surface area contributed by atoms with E-state index in [1.165, 1.54) is 6.92 Å². The number of halogens is 1. The number of likely N-dealkylation sites (N-methyl/N-ethyl adjacent to an activating group) is 1. The topological polar surface area (TPSA) is 83.6 Å². The Hall–Kier alpha value is -1.85. The van der Waals surface area contributed by atoms with E-state index in [9.17, 15) is 9.59 Å². The van der Waals surface area contributed by atoms with Gasteiger partial charge in [0.1, 0.15) is 0 Å². The highest BCUT2D eigenvalue weighted by molar-refractivity contribution is 5.86. The molecule has 3 N–H and O–H groups in total. The molecule has 0 unspecified atom stereocenters. The number of carbonyl (C=O) groups excluding carboxylic acids is 1. The van der Waals surface area contributed by atoms with Gasteiger partial charge in [0.05, 0.1) is 12.1 Å². The zero-order chi connectivity index (χ0) is 18.3. The highest BCUT2D eigenvalue weighted by Crippen LogP contribution is 2.15. The van der Waals surface area contributed by atoms with E-state index < -0.39 is 12.0 Å². The molecule has 1 amide bonds. The lowest BCUT2D eigenvalue weighted by Gasteiger charge is -2.31. The lowest BCUT2D eigenvalue weighted by atomic mass is 9.98. The van der Waals surface area contributed by atoms with Crippen LogP contribution in [0.15, 0.2) is 42.0 Å². The van der Waals surface area contributed by atoms with E-state index in [1.54, 1.807) is 18.0 Å². The Morgan fingerprint density at radius 3 is 2.28 bits per heavy atom. The molecule has 0 saturated heterocycles. The van der Waals surface area contributed by atoms with Crippen LogP contribution < -0.4 is 5.73 Å². The highest BCUT2D eigenvalue weighted by Gasteiger charge is 2.26. The number of carbonyl (C=O) groups is 2. The first kappa shape index (κ1) is 23.1. The van der Waals surface area contributed by atoms with Crippen molar-refractivity contribution in [2.75, 3.05) is 7.05 Å². The fourth-order valence-corrected chi connectivity index (χ4v) is 2.58. The van der Waals surface area contributed by atoms with Gasteiger partial charge in [0.2, 0.25) is 5.91 Å². The van der Waals surface area contributed by atoms with Gasteiger partial charge in [-0.15, -0.1) is 12.4 Å². The largest absolute Gasteiger partial charge is 0.478 e. The van der Waals surface area contributed by atoms with Gasteiger partial charge in [-0.1, -0.05) is 50.3 Å². The Morgan fingerprint density at radius 1 is 1.24 bits per heavy atom. The second kappa shape index (κ2) is 10.9. The Balaban J connectivity index is 0.00000576. The van der Waals surface area contributed by atoms with Crippen molar-refractivity contribution in [2.45, 2.75) is 45.7 Å². The molecule has 0 aliphatic heterocycles. The summed E-state index contributed by atoms with van der Waals surface area (Å²) < 4.78 is 0. The quantitative estimate of drug-likeness (QED) is 0.691. The maximum Gasteiger partial charge on any atom is 0.331 e. The molecule has 6 heteroatoms. The zero-order valence-corrected chi connectivity index (χ0v) is 16.1. The van der Waals surface area contributed by atoms with Crippen molar-refractivity contribution in [1.29, 1.82) is 0 Å². The van der Waals surface area contributed by atoms with E-state index in [1.807, 2.05) is 44.2 Å². The Kier molecular flexibility index (Phi) is 10.1.